The molecule has 0 radical (unpaired) electrons. The number of aliphatic hydroxyl groups is 1. The first-order valence-corrected chi connectivity index (χ1v) is 12.9. The lowest BCUT2D eigenvalue weighted by Gasteiger charge is -2.39. The molecule has 3 fully saturated rings. The minimum Gasteiger partial charge on any atom is -0.466 e. The van der Waals surface area contributed by atoms with Crippen molar-refractivity contribution in [2.45, 2.75) is 66.9 Å². The van der Waals surface area contributed by atoms with Gasteiger partial charge in [-0.3, -0.25) is 14.4 Å². The second kappa shape index (κ2) is 9.83. The third-order valence-electron chi connectivity index (χ3n) is 6.77. The number of β-amino-alcohol motifs (C(OH)–C–C–N with tert-alkyl or cyclic N) is 1. The number of rotatable bonds is 10. The highest BCUT2D eigenvalue weighted by Crippen LogP contribution is 2.68. The molecule has 0 aliphatic carbocycles. The quantitative estimate of drug-likeness (QED) is 0.272. The van der Waals surface area contributed by atoms with Crippen LogP contribution in [0.5, 0.6) is 0 Å². The number of fused-ring (bicyclic) bond motifs is 1. The van der Waals surface area contributed by atoms with Crippen molar-refractivity contribution in [1.29, 1.82) is 0 Å². The number of carbonyl (C=O) groups excluding carboxylic acids is 3. The van der Waals surface area contributed by atoms with E-state index in [1.54, 1.807) is 29.7 Å². The van der Waals surface area contributed by atoms with E-state index >= 15 is 0 Å². The molecule has 31 heavy (non-hydrogen) atoms. The number of thioether (sulfide) groups is 1. The molecule has 4 unspecified atom stereocenters. The summed E-state index contributed by atoms with van der Waals surface area (Å²) in [6, 6.07) is -0.716. The topological polar surface area (TPSA) is 87.2 Å². The average molecular weight is 517 g/mol. The Morgan fingerprint density at radius 1 is 1.48 bits per heavy atom. The highest BCUT2D eigenvalue weighted by atomic mass is 79.9. The zero-order chi connectivity index (χ0) is 22.9. The van der Waals surface area contributed by atoms with E-state index in [2.05, 4.69) is 29.4 Å². The third-order valence-corrected chi connectivity index (χ3v) is 9.99. The summed E-state index contributed by atoms with van der Waals surface area (Å²) < 4.78 is 4.62. The van der Waals surface area contributed by atoms with E-state index in [1.807, 2.05) is 6.92 Å². The van der Waals surface area contributed by atoms with Gasteiger partial charge in [0.05, 0.1) is 29.8 Å². The van der Waals surface area contributed by atoms with Crippen molar-refractivity contribution in [2.24, 2.45) is 11.8 Å². The van der Waals surface area contributed by atoms with E-state index in [9.17, 15) is 19.5 Å². The molecule has 3 heterocycles. The molecule has 1 spiro atoms. The van der Waals surface area contributed by atoms with Gasteiger partial charge < -0.3 is 19.6 Å². The minimum atomic E-state index is -0.717. The first kappa shape index (κ1) is 24.6. The molecular formula is C22H33BrN2O5S. The summed E-state index contributed by atoms with van der Waals surface area (Å²) in [5.41, 5.74) is 0. The zero-order valence-electron chi connectivity index (χ0n) is 18.5. The maximum atomic E-state index is 14.0. The number of hydrogen-bond acceptors (Lipinski definition) is 6. The Kier molecular flexibility index (Phi) is 7.79. The fraction of sp³-hybridized carbons (Fsp3) is 0.773. The Morgan fingerprint density at radius 3 is 2.77 bits per heavy atom. The summed E-state index contributed by atoms with van der Waals surface area (Å²) in [6.07, 6.45) is 4.11. The van der Waals surface area contributed by atoms with Gasteiger partial charge in [0.2, 0.25) is 11.8 Å². The molecule has 3 rings (SSSR count). The number of aliphatic hydroxyl groups excluding tert-OH is 1. The number of carbonyl (C=O) groups is 3. The number of amides is 2. The second-order valence-corrected chi connectivity index (χ2v) is 11.3. The van der Waals surface area contributed by atoms with Gasteiger partial charge in [0.25, 0.3) is 0 Å². The van der Waals surface area contributed by atoms with Crippen molar-refractivity contribution in [3.8, 4) is 0 Å². The third kappa shape index (κ3) is 3.95. The van der Waals surface area contributed by atoms with Crippen LogP contribution in [0.25, 0.3) is 0 Å². The highest BCUT2D eigenvalue weighted by Gasteiger charge is 2.76. The Bertz CT molecular complexity index is 737. The molecule has 0 aromatic heterocycles. The van der Waals surface area contributed by atoms with Gasteiger partial charge in [-0.2, -0.15) is 0 Å². The van der Waals surface area contributed by atoms with Crippen molar-refractivity contribution < 1.29 is 24.2 Å². The van der Waals surface area contributed by atoms with Crippen molar-refractivity contribution in [1.82, 2.24) is 9.80 Å². The van der Waals surface area contributed by atoms with Crippen molar-refractivity contribution in [3.63, 3.8) is 0 Å². The van der Waals surface area contributed by atoms with E-state index in [0.717, 1.165) is 12.8 Å². The first-order valence-electron chi connectivity index (χ1n) is 11.1. The fourth-order valence-corrected chi connectivity index (χ4v) is 9.22. The maximum absolute atomic E-state index is 14.0. The molecule has 0 aromatic rings. The van der Waals surface area contributed by atoms with Gasteiger partial charge in [0.1, 0.15) is 6.04 Å². The lowest BCUT2D eigenvalue weighted by atomic mass is 9.71. The molecule has 7 nitrogen and oxygen atoms in total. The minimum absolute atomic E-state index is 0.00116. The van der Waals surface area contributed by atoms with Crippen molar-refractivity contribution >= 4 is 45.5 Å². The monoisotopic (exact) mass is 516 g/mol. The van der Waals surface area contributed by atoms with Crippen LogP contribution < -0.4 is 0 Å². The summed E-state index contributed by atoms with van der Waals surface area (Å²) in [6.45, 7) is 10.1. The van der Waals surface area contributed by atoms with Crippen LogP contribution in [0.1, 0.15) is 40.0 Å². The maximum Gasteiger partial charge on any atom is 0.310 e. The van der Waals surface area contributed by atoms with E-state index in [4.69, 9.17) is 4.74 Å². The molecule has 174 valence electrons. The van der Waals surface area contributed by atoms with Crippen LogP contribution in [0.4, 0.5) is 0 Å². The number of ether oxygens (including phenoxy) is 1. The highest BCUT2D eigenvalue weighted by molar-refractivity contribution is 9.09. The average Bonchev–Trinajstić information content (AvgIpc) is 3.30. The molecule has 3 saturated heterocycles. The Balaban J connectivity index is 2.04. The van der Waals surface area contributed by atoms with Crippen molar-refractivity contribution in [2.75, 3.05) is 26.3 Å². The molecule has 3 aliphatic rings. The van der Waals surface area contributed by atoms with Crippen LogP contribution in [0, 0.1) is 11.8 Å². The van der Waals surface area contributed by atoms with Crippen molar-refractivity contribution in [3.05, 3.63) is 12.7 Å². The molecule has 2 amide bonds. The number of halogens is 1. The summed E-state index contributed by atoms with van der Waals surface area (Å²) in [5, 5.41) is 9.57. The van der Waals surface area contributed by atoms with Crippen LogP contribution in [0.15, 0.2) is 12.7 Å². The molecule has 0 saturated carbocycles. The normalized spacial score (nSPS) is 34.5. The van der Waals surface area contributed by atoms with Gasteiger partial charge in [0, 0.05) is 29.2 Å². The predicted octanol–water partition coefficient (Wildman–Crippen LogP) is 2.21. The van der Waals surface area contributed by atoms with Gasteiger partial charge in [0.15, 0.2) is 0 Å². The van der Waals surface area contributed by atoms with Gasteiger partial charge in [-0.25, -0.2) is 0 Å². The molecule has 2 bridgehead atoms. The predicted molar refractivity (Wildman–Crippen MR) is 124 cm³/mol. The van der Waals surface area contributed by atoms with Gasteiger partial charge in [-0.05, 0) is 26.7 Å². The number of hydrogen-bond donors (Lipinski definition) is 1. The Hall–Kier alpha value is -1.06. The van der Waals surface area contributed by atoms with E-state index in [-0.39, 0.29) is 53.7 Å². The van der Waals surface area contributed by atoms with Gasteiger partial charge in [-0.15, -0.1) is 18.3 Å². The molecule has 0 aromatic carbocycles. The molecule has 1 N–H and O–H groups in total. The lowest BCUT2D eigenvalue weighted by Crippen LogP contribution is -2.57. The van der Waals surface area contributed by atoms with Gasteiger partial charge in [-0.1, -0.05) is 35.4 Å². The number of likely N-dealkylation sites (tertiary alicyclic amines) is 1. The molecule has 7 atom stereocenters. The van der Waals surface area contributed by atoms with Crippen LogP contribution >= 0.6 is 27.7 Å². The molecule has 9 heteroatoms. The SMILES string of the molecule is C=CCN(C(=O)C1N(CCO)C(=O)[C@@H]2[C@H](C(=O)OCC)[C@H]3SC12CC3Br)C(C)CCC. The smallest absolute Gasteiger partial charge is 0.310 e. The van der Waals surface area contributed by atoms with Crippen LogP contribution in [-0.4, -0.2) is 85.9 Å². The van der Waals surface area contributed by atoms with E-state index < -0.39 is 22.6 Å². The van der Waals surface area contributed by atoms with E-state index in [0.29, 0.717) is 13.0 Å². The number of nitrogens with zero attached hydrogens (tertiary/aromatic N) is 2. The summed E-state index contributed by atoms with van der Waals surface area (Å²) in [5.74, 6) is -1.91. The van der Waals surface area contributed by atoms with Crippen LogP contribution in [0.3, 0.4) is 0 Å². The summed E-state index contributed by atoms with van der Waals surface area (Å²) >= 11 is 5.30. The van der Waals surface area contributed by atoms with E-state index in [1.165, 1.54) is 4.90 Å². The summed E-state index contributed by atoms with van der Waals surface area (Å²) in [4.78, 5) is 43.7. The fourth-order valence-electron chi connectivity index (χ4n) is 5.62. The lowest BCUT2D eigenvalue weighted by molar-refractivity contribution is -0.153. The Labute approximate surface area is 197 Å². The van der Waals surface area contributed by atoms with Crippen LogP contribution in [-0.2, 0) is 19.1 Å². The number of alkyl halides is 1. The number of esters is 1. The van der Waals surface area contributed by atoms with Gasteiger partial charge >= 0.3 is 5.97 Å². The second-order valence-electron chi connectivity index (χ2n) is 8.59. The largest absolute Gasteiger partial charge is 0.466 e. The summed E-state index contributed by atoms with van der Waals surface area (Å²) in [7, 11) is 0. The Morgan fingerprint density at radius 2 is 2.19 bits per heavy atom. The molecule has 3 aliphatic heterocycles. The first-order chi connectivity index (χ1) is 14.8. The standard InChI is InChI=1S/C22H33BrN2O5S/c1-5-8-13(4)24(9-6-2)20(28)18-22-12-14(23)17(31-22)15(21(29)30-7-3)16(22)19(27)25(18)10-11-26/h6,13-18,26H,2,5,7-12H2,1,3-4H3/t13?,14?,15-,16-,17-,18?,22?/m0/s1. The van der Waals surface area contributed by atoms with Crippen LogP contribution in [0.2, 0.25) is 0 Å². The molecular weight excluding hydrogens is 484 g/mol. The zero-order valence-corrected chi connectivity index (χ0v) is 20.9.